The van der Waals surface area contributed by atoms with Crippen molar-refractivity contribution in [2.75, 3.05) is 5.73 Å². The maximum Gasteiger partial charge on any atom is 0.246 e. The predicted octanol–water partition coefficient (Wildman–Crippen LogP) is 1.34. The quantitative estimate of drug-likeness (QED) is 0.874. The molecule has 6 nitrogen and oxygen atoms in total. The lowest BCUT2D eigenvalue weighted by Gasteiger charge is -2.27. The second-order valence-electron chi connectivity index (χ2n) is 5.79. The van der Waals surface area contributed by atoms with E-state index in [4.69, 9.17) is 5.73 Å². The Labute approximate surface area is 114 Å². The number of anilines is 1. The standard InChI is InChI=1S/C12H22N4O2S/c1-4-16-8-9(11(13)14-16)19(17,18)15-10-6-5-7-12(10,2)3/h8,10,15H,4-7H2,1-3H3,(H2,13,14). The predicted molar refractivity (Wildman–Crippen MR) is 74.1 cm³/mol. The fraction of sp³-hybridized carbons (Fsp3) is 0.750. The van der Waals surface area contributed by atoms with Crippen LogP contribution < -0.4 is 10.5 Å². The monoisotopic (exact) mass is 286 g/mol. The zero-order valence-electron chi connectivity index (χ0n) is 11.7. The summed E-state index contributed by atoms with van der Waals surface area (Å²) in [4.78, 5) is 0.0806. The number of rotatable bonds is 4. The molecule has 108 valence electrons. The fourth-order valence-electron chi connectivity index (χ4n) is 2.58. The van der Waals surface area contributed by atoms with Gasteiger partial charge < -0.3 is 5.73 Å². The third-order valence-corrected chi connectivity index (χ3v) is 5.41. The number of nitrogens with one attached hydrogen (secondary N) is 1. The SMILES string of the molecule is CCn1cc(S(=O)(=O)NC2CCCC2(C)C)c(N)n1. The lowest BCUT2D eigenvalue weighted by molar-refractivity contribution is 0.313. The van der Waals surface area contributed by atoms with E-state index in [1.54, 1.807) is 0 Å². The van der Waals surface area contributed by atoms with E-state index in [1.807, 2.05) is 6.92 Å². The number of nitrogens with two attached hydrogens (primary N) is 1. The molecule has 1 aliphatic rings. The minimum atomic E-state index is -3.59. The van der Waals surface area contributed by atoms with Gasteiger partial charge in [0.1, 0.15) is 4.90 Å². The molecule has 0 aromatic carbocycles. The molecule has 0 bridgehead atoms. The van der Waals surface area contributed by atoms with Gasteiger partial charge in [0.15, 0.2) is 5.82 Å². The molecule has 7 heteroatoms. The first-order chi connectivity index (χ1) is 8.76. The topological polar surface area (TPSA) is 90.0 Å². The highest BCUT2D eigenvalue weighted by Gasteiger charge is 2.38. The second-order valence-corrected chi connectivity index (χ2v) is 7.47. The Hall–Kier alpha value is -1.08. The van der Waals surface area contributed by atoms with Gasteiger partial charge in [-0.1, -0.05) is 20.3 Å². The van der Waals surface area contributed by atoms with E-state index in [-0.39, 0.29) is 22.2 Å². The fourth-order valence-corrected chi connectivity index (χ4v) is 4.10. The Bertz CT molecular complexity index is 562. The van der Waals surface area contributed by atoms with Gasteiger partial charge in [-0.25, -0.2) is 13.1 Å². The van der Waals surface area contributed by atoms with E-state index >= 15 is 0 Å². The molecule has 0 radical (unpaired) electrons. The van der Waals surface area contributed by atoms with Gasteiger partial charge in [0.2, 0.25) is 10.0 Å². The van der Waals surface area contributed by atoms with Crippen LogP contribution in [0.15, 0.2) is 11.1 Å². The molecule has 1 fully saturated rings. The molecular formula is C12H22N4O2S. The summed E-state index contributed by atoms with van der Waals surface area (Å²) in [5.74, 6) is 0.0603. The molecule has 0 amide bonds. The number of sulfonamides is 1. The second kappa shape index (κ2) is 4.79. The van der Waals surface area contributed by atoms with Crippen LogP contribution in [0.5, 0.6) is 0 Å². The minimum Gasteiger partial charge on any atom is -0.381 e. The molecule has 1 atom stereocenters. The molecule has 0 spiro atoms. The number of hydrogen-bond acceptors (Lipinski definition) is 4. The van der Waals surface area contributed by atoms with Crippen molar-refractivity contribution in [3.8, 4) is 0 Å². The van der Waals surface area contributed by atoms with Gasteiger partial charge in [-0.2, -0.15) is 5.10 Å². The normalized spacial score (nSPS) is 22.8. The molecule has 0 aliphatic heterocycles. The zero-order chi connectivity index (χ0) is 14.3. The van der Waals surface area contributed by atoms with Crippen molar-refractivity contribution in [2.24, 2.45) is 5.41 Å². The summed E-state index contributed by atoms with van der Waals surface area (Å²) >= 11 is 0. The maximum atomic E-state index is 12.4. The number of aromatic nitrogens is 2. The van der Waals surface area contributed by atoms with Crippen LogP contribution in [0, 0.1) is 5.41 Å². The molecule has 19 heavy (non-hydrogen) atoms. The lowest BCUT2D eigenvalue weighted by atomic mass is 9.88. The van der Waals surface area contributed by atoms with Crippen LogP contribution in [0.1, 0.15) is 40.0 Å². The molecule has 1 aromatic heterocycles. The average molecular weight is 286 g/mol. The van der Waals surface area contributed by atoms with Gasteiger partial charge >= 0.3 is 0 Å². The van der Waals surface area contributed by atoms with Crippen molar-refractivity contribution in [3.05, 3.63) is 6.20 Å². The Balaban J connectivity index is 2.25. The summed E-state index contributed by atoms with van der Waals surface area (Å²) in [7, 11) is -3.59. The first-order valence-electron chi connectivity index (χ1n) is 6.61. The van der Waals surface area contributed by atoms with Crippen molar-refractivity contribution in [3.63, 3.8) is 0 Å². The van der Waals surface area contributed by atoms with Gasteiger partial charge in [-0.15, -0.1) is 0 Å². The van der Waals surface area contributed by atoms with E-state index < -0.39 is 10.0 Å². The van der Waals surface area contributed by atoms with Crippen LogP contribution in [0.3, 0.4) is 0 Å². The highest BCUT2D eigenvalue weighted by atomic mass is 32.2. The molecule has 1 aliphatic carbocycles. The van der Waals surface area contributed by atoms with E-state index in [9.17, 15) is 8.42 Å². The summed E-state index contributed by atoms with van der Waals surface area (Å²) in [5, 5.41) is 3.98. The smallest absolute Gasteiger partial charge is 0.246 e. The van der Waals surface area contributed by atoms with Crippen molar-refractivity contribution in [1.29, 1.82) is 0 Å². The summed E-state index contributed by atoms with van der Waals surface area (Å²) in [6.45, 7) is 6.66. The largest absolute Gasteiger partial charge is 0.381 e. The van der Waals surface area contributed by atoms with Crippen molar-refractivity contribution >= 4 is 15.8 Å². The Morgan fingerprint density at radius 1 is 1.58 bits per heavy atom. The minimum absolute atomic E-state index is 0.0113. The van der Waals surface area contributed by atoms with Crippen molar-refractivity contribution in [1.82, 2.24) is 14.5 Å². The molecule has 1 heterocycles. The molecule has 1 saturated carbocycles. The summed E-state index contributed by atoms with van der Waals surface area (Å²) in [6, 6.07) is -0.0399. The van der Waals surface area contributed by atoms with Crippen molar-refractivity contribution < 1.29 is 8.42 Å². The van der Waals surface area contributed by atoms with Crippen LogP contribution in [-0.4, -0.2) is 24.2 Å². The average Bonchev–Trinajstić information content (AvgIpc) is 2.83. The van der Waals surface area contributed by atoms with E-state index in [0.717, 1.165) is 19.3 Å². The third-order valence-electron chi connectivity index (χ3n) is 3.92. The lowest BCUT2D eigenvalue weighted by Crippen LogP contribution is -2.41. The summed E-state index contributed by atoms with van der Waals surface area (Å²) < 4.78 is 29.1. The molecular weight excluding hydrogens is 264 g/mol. The van der Waals surface area contributed by atoms with Crippen LogP contribution in [0.2, 0.25) is 0 Å². The Morgan fingerprint density at radius 3 is 2.74 bits per heavy atom. The first kappa shape index (κ1) is 14.3. The molecule has 3 N–H and O–H groups in total. The van der Waals surface area contributed by atoms with Crippen LogP contribution in [-0.2, 0) is 16.6 Å². The third kappa shape index (κ3) is 2.76. The summed E-state index contributed by atoms with van der Waals surface area (Å²) in [6.07, 6.45) is 4.43. The first-order valence-corrected chi connectivity index (χ1v) is 8.10. The molecule has 1 aromatic rings. The molecule has 1 unspecified atom stereocenters. The van der Waals surface area contributed by atoms with Crippen LogP contribution in [0.4, 0.5) is 5.82 Å². The van der Waals surface area contributed by atoms with E-state index in [1.165, 1.54) is 10.9 Å². The zero-order valence-corrected chi connectivity index (χ0v) is 12.5. The van der Waals surface area contributed by atoms with Gasteiger partial charge in [-0.3, -0.25) is 4.68 Å². The highest BCUT2D eigenvalue weighted by molar-refractivity contribution is 7.89. The molecule has 0 saturated heterocycles. The van der Waals surface area contributed by atoms with Crippen LogP contribution >= 0.6 is 0 Å². The van der Waals surface area contributed by atoms with Gasteiger partial charge in [0, 0.05) is 18.8 Å². The maximum absolute atomic E-state index is 12.4. The number of hydrogen-bond donors (Lipinski definition) is 2. The Kier molecular flexibility index (Phi) is 3.61. The number of nitrogens with zero attached hydrogens (tertiary/aromatic N) is 2. The molecule has 2 rings (SSSR count). The highest BCUT2D eigenvalue weighted by Crippen LogP contribution is 2.38. The van der Waals surface area contributed by atoms with Gasteiger partial charge in [0.25, 0.3) is 0 Å². The summed E-state index contributed by atoms with van der Waals surface area (Å²) in [5.41, 5.74) is 5.68. The van der Waals surface area contributed by atoms with Crippen LogP contribution in [0.25, 0.3) is 0 Å². The van der Waals surface area contributed by atoms with Gasteiger partial charge in [0.05, 0.1) is 0 Å². The number of nitrogen functional groups attached to an aromatic ring is 1. The Morgan fingerprint density at radius 2 is 2.26 bits per heavy atom. The van der Waals surface area contributed by atoms with Crippen molar-refractivity contribution in [2.45, 2.75) is 57.5 Å². The van der Waals surface area contributed by atoms with E-state index in [0.29, 0.717) is 6.54 Å². The van der Waals surface area contributed by atoms with Gasteiger partial charge in [-0.05, 0) is 25.2 Å². The number of aryl methyl sites for hydroxylation is 1. The van der Waals surface area contributed by atoms with E-state index in [2.05, 4.69) is 23.7 Å².